The van der Waals surface area contributed by atoms with Gasteiger partial charge in [0.25, 0.3) is 0 Å². The monoisotopic (exact) mass is 375 g/mol. The van der Waals surface area contributed by atoms with Crippen molar-refractivity contribution in [2.75, 3.05) is 57.0 Å². The molecule has 0 atom stereocenters. The molecule has 1 aromatic rings. The zero-order chi connectivity index (χ0) is 18.5. The lowest BCUT2D eigenvalue weighted by atomic mass is 10.0. The molecule has 0 unspecified atom stereocenters. The second-order valence-electron chi connectivity index (χ2n) is 7.83. The highest BCUT2D eigenvalue weighted by Gasteiger charge is 2.25. The van der Waals surface area contributed by atoms with E-state index in [-0.39, 0.29) is 0 Å². The van der Waals surface area contributed by atoms with Gasteiger partial charge in [0.1, 0.15) is 0 Å². The molecule has 4 nitrogen and oxygen atoms in total. The lowest BCUT2D eigenvalue weighted by Crippen LogP contribution is -2.52. The van der Waals surface area contributed by atoms with Crippen molar-refractivity contribution < 1.29 is 4.79 Å². The second kappa shape index (κ2) is 9.14. The Morgan fingerprint density at radius 1 is 1.04 bits per heavy atom. The molecule has 0 aliphatic carbocycles. The Labute approximate surface area is 162 Å². The molecule has 2 heterocycles. The number of anilines is 1. The van der Waals surface area contributed by atoms with E-state index in [1.54, 1.807) is 0 Å². The first-order valence-electron chi connectivity index (χ1n) is 9.94. The number of piperidine rings is 1. The summed E-state index contributed by atoms with van der Waals surface area (Å²) in [5.74, 6) is 0.877. The Kier molecular flexibility index (Phi) is 6.87. The Balaban J connectivity index is 1.45. The predicted octanol–water partition coefficient (Wildman–Crippen LogP) is 3.29. The van der Waals surface area contributed by atoms with Crippen LogP contribution >= 0.6 is 11.8 Å². The van der Waals surface area contributed by atoms with Gasteiger partial charge in [-0.25, -0.2) is 0 Å². The van der Waals surface area contributed by atoms with Crippen LogP contribution in [0.1, 0.15) is 38.2 Å². The number of rotatable bonds is 5. The number of nitrogens with zero attached hydrogens (tertiary/aromatic N) is 3. The third-order valence-corrected chi connectivity index (χ3v) is 6.92. The Hall–Kier alpha value is -1.20. The Bertz CT molecular complexity index is 573. The lowest BCUT2D eigenvalue weighted by molar-refractivity contribution is -0.132. The van der Waals surface area contributed by atoms with Gasteiger partial charge in [0.2, 0.25) is 5.91 Å². The summed E-state index contributed by atoms with van der Waals surface area (Å²) in [6, 6.07) is 8.91. The van der Waals surface area contributed by atoms with Gasteiger partial charge >= 0.3 is 0 Å². The van der Waals surface area contributed by atoms with Crippen LogP contribution in [0.3, 0.4) is 0 Å². The van der Waals surface area contributed by atoms with Gasteiger partial charge in [-0.05, 0) is 55.8 Å². The smallest absolute Gasteiger partial charge is 0.236 e. The molecule has 0 radical (unpaired) electrons. The average molecular weight is 376 g/mol. The number of piperazine rings is 1. The molecule has 5 heteroatoms. The number of thioether (sulfide) groups is 1. The molecule has 144 valence electrons. The fraction of sp³-hybridized carbons (Fsp3) is 0.667. The zero-order valence-corrected chi connectivity index (χ0v) is 17.3. The van der Waals surface area contributed by atoms with Crippen molar-refractivity contribution in [3.05, 3.63) is 29.8 Å². The van der Waals surface area contributed by atoms with E-state index in [1.165, 1.54) is 24.1 Å². The van der Waals surface area contributed by atoms with Crippen LogP contribution in [0.15, 0.2) is 24.3 Å². The lowest BCUT2D eigenvalue weighted by Gasteiger charge is -2.38. The van der Waals surface area contributed by atoms with Crippen LogP contribution in [0, 0.1) is 0 Å². The molecule has 2 saturated heterocycles. The van der Waals surface area contributed by atoms with Gasteiger partial charge in [0.15, 0.2) is 0 Å². The summed E-state index contributed by atoms with van der Waals surface area (Å²) in [6.07, 6.45) is 4.63. The highest BCUT2D eigenvalue weighted by molar-refractivity contribution is 7.99. The summed E-state index contributed by atoms with van der Waals surface area (Å²) < 4.78 is 0. The van der Waals surface area contributed by atoms with Crippen LogP contribution in [0.4, 0.5) is 5.69 Å². The average Bonchev–Trinajstić information content (AvgIpc) is 2.69. The first kappa shape index (κ1) is 19.6. The van der Waals surface area contributed by atoms with Crippen LogP contribution in [-0.2, 0) is 4.79 Å². The quantitative estimate of drug-likeness (QED) is 0.789. The topological polar surface area (TPSA) is 26.8 Å². The van der Waals surface area contributed by atoms with Crippen LogP contribution in [0.2, 0.25) is 0 Å². The fourth-order valence-electron chi connectivity index (χ4n) is 3.88. The predicted molar refractivity (Wildman–Crippen MR) is 112 cm³/mol. The maximum atomic E-state index is 12.6. The van der Waals surface area contributed by atoms with Crippen LogP contribution in [0.25, 0.3) is 0 Å². The van der Waals surface area contributed by atoms with Gasteiger partial charge < -0.3 is 9.80 Å². The number of hydrogen-bond donors (Lipinski definition) is 0. The Morgan fingerprint density at radius 2 is 1.65 bits per heavy atom. The summed E-state index contributed by atoms with van der Waals surface area (Å²) >= 11 is 1.97. The number of carbonyl (C=O) groups excluding carboxylic acids is 1. The van der Waals surface area contributed by atoms with Crippen LogP contribution in [-0.4, -0.2) is 73.0 Å². The minimum absolute atomic E-state index is 0.308. The summed E-state index contributed by atoms with van der Waals surface area (Å²) in [4.78, 5) is 19.4. The fourth-order valence-corrected chi connectivity index (χ4v) is 4.56. The Morgan fingerprint density at radius 3 is 2.19 bits per heavy atom. The highest BCUT2D eigenvalue weighted by Crippen LogP contribution is 2.22. The zero-order valence-electron chi connectivity index (χ0n) is 16.5. The molecule has 0 spiro atoms. The highest BCUT2D eigenvalue weighted by atomic mass is 32.2. The summed E-state index contributed by atoms with van der Waals surface area (Å²) in [5.41, 5.74) is 2.66. The SMILES string of the molecule is CSC1CCN(CC(=O)N2CCN(c3ccc(C(C)C)cc3)CC2)CC1. The number of amides is 1. The standard InChI is InChI=1S/C21H33N3OS/c1-17(2)18-4-6-19(7-5-18)23-12-14-24(15-13-23)21(25)16-22-10-8-20(26-3)9-11-22/h4-7,17,20H,8-16H2,1-3H3. The largest absolute Gasteiger partial charge is 0.368 e. The van der Waals surface area contributed by atoms with Crippen molar-refractivity contribution in [2.24, 2.45) is 0 Å². The van der Waals surface area contributed by atoms with Crippen molar-refractivity contribution in [1.29, 1.82) is 0 Å². The third-order valence-electron chi connectivity index (χ3n) is 5.78. The van der Waals surface area contributed by atoms with E-state index in [1.807, 2.05) is 11.8 Å². The molecule has 1 aromatic carbocycles. The molecular weight excluding hydrogens is 342 g/mol. The number of carbonyl (C=O) groups is 1. The normalized spacial score (nSPS) is 20.0. The molecule has 2 fully saturated rings. The molecule has 1 amide bonds. The maximum Gasteiger partial charge on any atom is 0.236 e. The van der Waals surface area contributed by atoms with E-state index in [4.69, 9.17) is 0 Å². The van der Waals surface area contributed by atoms with Crippen LogP contribution < -0.4 is 4.90 Å². The van der Waals surface area contributed by atoms with Crippen LogP contribution in [0.5, 0.6) is 0 Å². The maximum absolute atomic E-state index is 12.6. The molecule has 2 aliphatic rings. The van der Waals surface area contributed by atoms with E-state index >= 15 is 0 Å². The molecule has 3 rings (SSSR count). The second-order valence-corrected chi connectivity index (χ2v) is 8.96. The van der Waals surface area contributed by atoms with Gasteiger partial charge in [-0.1, -0.05) is 26.0 Å². The van der Waals surface area contributed by atoms with Gasteiger partial charge in [0.05, 0.1) is 6.54 Å². The molecule has 0 aromatic heterocycles. The van der Waals surface area contributed by atoms with Crippen molar-refractivity contribution in [3.8, 4) is 0 Å². The van der Waals surface area contributed by atoms with Gasteiger partial charge in [-0.15, -0.1) is 0 Å². The first-order valence-corrected chi connectivity index (χ1v) is 11.2. The van der Waals surface area contributed by atoms with Crippen molar-refractivity contribution in [1.82, 2.24) is 9.80 Å². The summed E-state index contributed by atoms with van der Waals surface area (Å²) in [5, 5.41) is 0.784. The molecular formula is C21H33N3OS. The van der Waals surface area contributed by atoms with E-state index < -0.39 is 0 Å². The number of benzene rings is 1. The molecule has 2 aliphatic heterocycles. The van der Waals surface area contributed by atoms with E-state index in [2.05, 4.69) is 59.1 Å². The van der Waals surface area contributed by atoms with E-state index in [0.29, 0.717) is 18.4 Å². The van der Waals surface area contributed by atoms with E-state index in [0.717, 1.165) is 44.5 Å². The third kappa shape index (κ3) is 4.95. The first-order chi connectivity index (χ1) is 12.6. The molecule has 26 heavy (non-hydrogen) atoms. The summed E-state index contributed by atoms with van der Waals surface area (Å²) in [7, 11) is 0. The van der Waals surface area contributed by atoms with E-state index in [9.17, 15) is 4.79 Å². The number of hydrogen-bond acceptors (Lipinski definition) is 4. The van der Waals surface area contributed by atoms with Crippen molar-refractivity contribution >= 4 is 23.4 Å². The molecule has 0 bridgehead atoms. The van der Waals surface area contributed by atoms with Crippen molar-refractivity contribution in [3.63, 3.8) is 0 Å². The molecule has 0 N–H and O–H groups in total. The van der Waals surface area contributed by atoms with Gasteiger partial charge in [-0.3, -0.25) is 9.69 Å². The summed E-state index contributed by atoms with van der Waals surface area (Å²) in [6.45, 7) is 10.7. The minimum atomic E-state index is 0.308. The molecule has 0 saturated carbocycles. The van der Waals surface area contributed by atoms with Crippen molar-refractivity contribution in [2.45, 2.75) is 37.9 Å². The minimum Gasteiger partial charge on any atom is -0.368 e. The van der Waals surface area contributed by atoms with Gasteiger partial charge in [-0.2, -0.15) is 11.8 Å². The number of likely N-dealkylation sites (tertiary alicyclic amines) is 1. The van der Waals surface area contributed by atoms with Gasteiger partial charge in [0, 0.05) is 37.1 Å².